The van der Waals surface area contributed by atoms with E-state index < -0.39 is 30.9 Å². The lowest BCUT2D eigenvalue weighted by molar-refractivity contribution is -0.123. The molecule has 2 amide bonds. The summed E-state index contributed by atoms with van der Waals surface area (Å²) in [4.78, 5) is 29.2. The van der Waals surface area contributed by atoms with Crippen molar-refractivity contribution in [2.24, 2.45) is 5.92 Å². The number of amides is 2. The van der Waals surface area contributed by atoms with Crippen molar-refractivity contribution in [3.63, 3.8) is 0 Å². The molecule has 2 atom stereocenters. The number of hydrogen-bond acceptors (Lipinski definition) is 6. The number of nitrogens with zero attached hydrogens (tertiary/aromatic N) is 1. The van der Waals surface area contributed by atoms with Crippen LogP contribution >= 0.6 is 0 Å². The molecule has 0 radical (unpaired) electrons. The van der Waals surface area contributed by atoms with Gasteiger partial charge < -0.3 is 25.8 Å². The van der Waals surface area contributed by atoms with E-state index in [0.717, 1.165) is 5.56 Å². The highest BCUT2D eigenvalue weighted by molar-refractivity contribution is 6.43. The molecule has 2 rings (SSSR count). The van der Waals surface area contributed by atoms with E-state index in [2.05, 4.69) is 15.6 Å². The molecule has 0 unspecified atom stereocenters. The van der Waals surface area contributed by atoms with Crippen molar-refractivity contribution in [3.05, 3.63) is 48.3 Å². The summed E-state index contributed by atoms with van der Waals surface area (Å²) in [5, 5.41) is 34.5. The summed E-state index contributed by atoms with van der Waals surface area (Å²) in [5.41, 5.74) is 1.54. The number of phenols is 1. The van der Waals surface area contributed by atoms with Crippen molar-refractivity contribution in [2.75, 3.05) is 0 Å². The Bertz CT molecular complexity index is 861. The Morgan fingerprint density at radius 1 is 1.13 bits per heavy atom. The number of benzene rings is 1. The molecule has 8 nitrogen and oxygen atoms in total. The van der Waals surface area contributed by atoms with E-state index in [1.807, 2.05) is 19.9 Å². The van der Waals surface area contributed by atoms with E-state index in [-0.39, 0.29) is 17.2 Å². The molecule has 9 heteroatoms. The quantitative estimate of drug-likeness (QED) is 0.396. The SMILES string of the molecule is CC[C@@H](NC(=O)c1ccc(-c2cccnc2)cc1O)C(=O)N[C@@H](CC(C)C)B(O)O. The van der Waals surface area contributed by atoms with Gasteiger partial charge in [0, 0.05) is 18.0 Å². The van der Waals surface area contributed by atoms with Gasteiger partial charge in [-0.15, -0.1) is 0 Å². The van der Waals surface area contributed by atoms with Gasteiger partial charge >= 0.3 is 7.12 Å². The Balaban J connectivity index is 2.10. The van der Waals surface area contributed by atoms with Crippen LogP contribution in [0.4, 0.5) is 0 Å². The first-order valence-corrected chi connectivity index (χ1v) is 9.93. The van der Waals surface area contributed by atoms with Gasteiger partial charge in [0.15, 0.2) is 0 Å². The van der Waals surface area contributed by atoms with Crippen molar-refractivity contribution in [3.8, 4) is 16.9 Å². The zero-order valence-electron chi connectivity index (χ0n) is 17.4. The lowest BCUT2D eigenvalue weighted by Crippen LogP contribution is -2.54. The van der Waals surface area contributed by atoms with Crippen molar-refractivity contribution in [2.45, 2.75) is 45.6 Å². The van der Waals surface area contributed by atoms with Crippen LogP contribution in [0.1, 0.15) is 44.0 Å². The van der Waals surface area contributed by atoms with Crippen LogP contribution in [0.3, 0.4) is 0 Å². The van der Waals surface area contributed by atoms with Gasteiger partial charge in [0.25, 0.3) is 5.91 Å². The number of phenolic OH excluding ortho intramolecular Hbond substituents is 1. The van der Waals surface area contributed by atoms with Gasteiger partial charge in [0.1, 0.15) is 11.8 Å². The molecule has 0 aliphatic rings. The number of hydrogen-bond donors (Lipinski definition) is 5. The van der Waals surface area contributed by atoms with E-state index in [9.17, 15) is 24.7 Å². The fourth-order valence-corrected chi connectivity index (χ4v) is 3.07. The molecule has 0 aliphatic heterocycles. The molecule has 5 N–H and O–H groups in total. The van der Waals surface area contributed by atoms with Crippen LogP contribution in [0.2, 0.25) is 0 Å². The van der Waals surface area contributed by atoms with Gasteiger partial charge in [0.2, 0.25) is 5.91 Å². The minimum absolute atomic E-state index is 0.0369. The van der Waals surface area contributed by atoms with Gasteiger partial charge in [-0.2, -0.15) is 0 Å². The molecule has 0 saturated heterocycles. The zero-order chi connectivity index (χ0) is 22.3. The van der Waals surface area contributed by atoms with Gasteiger partial charge in [0.05, 0.1) is 11.5 Å². The number of aromatic hydroxyl groups is 1. The highest BCUT2D eigenvalue weighted by Gasteiger charge is 2.29. The second kappa shape index (κ2) is 10.8. The molecular weight excluding hydrogens is 385 g/mol. The van der Waals surface area contributed by atoms with Crippen LogP contribution in [0.15, 0.2) is 42.7 Å². The van der Waals surface area contributed by atoms with Crippen LogP contribution in [0.5, 0.6) is 5.75 Å². The number of nitrogens with one attached hydrogen (secondary N) is 2. The Labute approximate surface area is 176 Å². The average molecular weight is 413 g/mol. The third kappa shape index (κ3) is 6.30. The molecule has 1 heterocycles. The minimum Gasteiger partial charge on any atom is -0.507 e. The van der Waals surface area contributed by atoms with E-state index >= 15 is 0 Å². The molecule has 0 saturated carbocycles. The molecule has 30 heavy (non-hydrogen) atoms. The fraction of sp³-hybridized carbons (Fsp3) is 0.381. The highest BCUT2D eigenvalue weighted by atomic mass is 16.4. The van der Waals surface area contributed by atoms with E-state index in [0.29, 0.717) is 18.4 Å². The minimum atomic E-state index is -1.70. The maximum absolute atomic E-state index is 12.6. The normalized spacial score (nSPS) is 12.9. The van der Waals surface area contributed by atoms with Crippen molar-refractivity contribution >= 4 is 18.9 Å². The molecule has 160 valence electrons. The molecule has 1 aromatic heterocycles. The Hall–Kier alpha value is -2.91. The first-order valence-electron chi connectivity index (χ1n) is 9.93. The Kier molecular flexibility index (Phi) is 8.38. The number of carbonyl (C=O) groups is 2. The molecule has 0 spiro atoms. The molecule has 0 aliphatic carbocycles. The summed E-state index contributed by atoms with van der Waals surface area (Å²) in [6, 6.07) is 7.36. The summed E-state index contributed by atoms with van der Waals surface area (Å²) in [6.45, 7) is 5.53. The molecule has 2 aromatic rings. The smallest absolute Gasteiger partial charge is 0.475 e. The van der Waals surface area contributed by atoms with E-state index in [1.54, 1.807) is 31.5 Å². The zero-order valence-corrected chi connectivity index (χ0v) is 17.4. The van der Waals surface area contributed by atoms with Gasteiger partial charge in [-0.3, -0.25) is 14.6 Å². The van der Waals surface area contributed by atoms with Crippen LogP contribution in [-0.4, -0.2) is 51.1 Å². The first kappa shape index (κ1) is 23.4. The maximum Gasteiger partial charge on any atom is 0.475 e. The molecule has 0 fully saturated rings. The predicted molar refractivity (Wildman–Crippen MR) is 114 cm³/mol. The topological polar surface area (TPSA) is 132 Å². The lowest BCUT2D eigenvalue weighted by Gasteiger charge is -2.23. The molecular formula is C21H28BN3O5. The van der Waals surface area contributed by atoms with Crippen molar-refractivity contribution in [1.29, 1.82) is 0 Å². The number of pyridine rings is 1. The molecule has 1 aromatic carbocycles. The third-order valence-corrected chi connectivity index (χ3v) is 4.68. The third-order valence-electron chi connectivity index (χ3n) is 4.68. The second-order valence-corrected chi connectivity index (χ2v) is 7.57. The van der Waals surface area contributed by atoms with Crippen LogP contribution < -0.4 is 10.6 Å². The van der Waals surface area contributed by atoms with Crippen molar-refractivity contribution in [1.82, 2.24) is 15.6 Å². The monoisotopic (exact) mass is 413 g/mol. The highest BCUT2D eigenvalue weighted by Crippen LogP contribution is 2.26. The average Bonchev–Trinajstić information content (AvgIpc) is 2.71. The Morgan fingerprint density at radius 3 is 2.40 bits per heavy atom. The fourth-order valence-electron chi connectivity index (χ4n) is 3.07. The summed E-state index contributed by atoms with van der Waals surface area (Å²) < 4.78 is 0. The van der Waals surface area contributed by atoms with Gasteiger partial charge in [-0.25, -0.2) is 0 Å². The van der Waals surface area contributed by atoms with Gasteiger partial charge in [-0.05, 0) is 42.5 Å². The van der Waals surface area contributed by atoms with Crippen LogP contribution in [0.25, 0.3) is 11.1 Å². The summed E-state index contributed by atoms with van der Waals surface area (Å²) >= 11 is 0. The lowest BCUT2D eigenvalue weighted by atomic mass is 9.75. The predicted octanol–water partition coefficient (Wildman–Crippen LogP) is 1.51. The van der Waals surface area contributed by atoms with Crippen LogP contribution in [-0.2, 0) is 4.79 Å². The summed E-state index contributed by atoms with van der Waals surface area (Å²) in [7, 11) is -1.70. The number of rotatable bonds is 9. The van der Waals surface area contributed by atoms with E-state index in [4.69, 9.17) is 0 Å². The summed E-state index contributed by atoms with van der Waals surface area (Å²) in [6.07, 6.45) is 3.96. The first-order chi connectivity index (χ1) is 14.2. The largest absolute Gasteiger partial charge is 0.507 e. The number of aromatic nitrogens is 1. The Morgan fingerprint density at radius 2 is 1.87 bits per heavy atom. The second-order valence-electron chi connectivity index (χ2n) is 7.57. The van der Waals surface area contributed by atoms with Crippen molar-refractivity contribution < 1.29 is 24.7 Å². The van der Waals surface area contributed by atoms with Gasteiger partial charge in [-0.1, -0.05) is 32.9 Å². The standard InChI is InChI=1S/C21H28BN3O5/c1-4-17(21(28)25-19(22(29)30)10-13(2)3)24-20(27)16-8-7-14(11-18(16)26)15-6-5-9-23-12-15/h5-9,11-13,17,19,26,29-30H,4,10H2,1-3H3,(H,24,27)(H,25,28)/t17-,19+/m1/s1. The van der Waals surface area contributed by atoms with E-state index in [1.165, 1.54) is 12.1 Å². The number of carbonyl (C=O) groups excluding carboxylic acids is 2. The van der Waals surface area contributed by atoms with Crippen LogP contribution in [0, 0.1) is 5.92 Å². The molecule has 0 bridgehead atoms. The summed E-state index contributed by atoms with van der Waals surface area (Å²) in [5.74, 6) is -2.03. The maximum atomic E-state index is 12.6.